The van der Waals surface area contributed by atoms with E-state index in [0.717, 1.165) is 23.3 Å². The van der Waals surface area contributed by atoms with Crippen LogP contribution in [0, 0.1) is 0 Å². The zero-order valence-corrected chi connectivity index (χ0v) is 12.5. The van der Waals surface area contributed by atoms with Gasteiger partial charge in [-0.2, -0.15) is 0 Å². The highest BCUT2D eigenvalue weighted by molar-refractivity contribution is 5.29. The van der Waals surface area contributed by atoms with Crippen LogP contribution in [0.2, 0.25) is 0 Å². The Morgan fingerprint density at radius 2 is 1.71 bits per heavy atom. The van der Waals surface area contributed by atoms with Gasteiger partial charge < -0.3 is 15.2 Å². The van der Waals surface area contributed by atoms with E-state index in [4.69, 9.17) is 15.2 Å². The fraction of sp³-hybridized carbons (Fsp3) is 0.333. The molecule has 0 spiro atoms. The van der Waals surface area contributed by atoms with Gasteiger partial charge in [-0.1, -0.05) is 42.5 Å². The normalized spacial score (nSPS) is 12.1. The summed E-state index contributed by atoms with van der Waals surface area (Å²) in [5, 5.41) is 0. The van der Waals surface area contributed by atoms with Crippen LogP contribution in [0.4, 0.5) is 0 Å². The molecular formula is C18H23NO2. The molecule has 1 unspecified atom stereocenters. The molecule has 0 saturated heterocycles. The number of rotatable bonds is 8. The molecule has 21 heavy (non-hydrogen) atoms. The fourth-order valence-electron chi connectivity index (χ4n) is 2.22. The van der Waals surface area contributed by atoms with Crippen LogP contribution in [-0.2, 0) is 11.3 Å². The maximum absolute atomic E-state index is 5.78. The van der Waals surface area contributed by atoms with Gasteiger partial charge in [0.2, 0.25) is 0 Å². The van der Waals surface area contributed by atoms with E-state index in [1.165, 1.54) is 0 Å². The first kappa shape index (κ1) is 15.5. The van der Waals surface area contributed by atoms with Crippen molar-refractivity contribution in [3.63, 3.8) is 0 Å². The minimum atomic E-state index is 0.0724. The minimum Gasteiger partial charge on any atom is -0.489 e. The second-order valence-electron chi connectivity index (χ2n) is 4.86. The molecule has 0 aliphatic heterocycles. The van der Waals surface area contributed by atoms with Crippen LogP contribution < -0.4 is 10.5 Å². The second kappa shape index (κ2) is 8.45. The van der Waals surface area contributed by atoms with Crippen LogP contribution in [-0.4, -0.2) is 13.2 Å². The Kier molecular flexibility index (Phi) is 6.25. The van der Waals surface area contributed by atoms with Gasteiger partial charge in [0, 0.05) is 6.61 Å². The molecule has 0 aliphatic rings. The summed E-state index contributed by atoms with van der Waals surface area (Å²) in [6.45, 7) is 3.90. The Morgan fingerprint density at radius 1 is 1.00 bits per heavy atom. The lowest BCUT2D eigenvalue weighted by Crippen LogP contribution is -2.10. The first-order valence-corrected chi connectivity index (χ1v) is 7.42. The molecule has 0 saturated carbocycles. The van der Waals surface area contributed by atoms with E-state index in [1.54, 1.807) is 0 Å². The Bertz CT molecular complexity index is 505. The van der Waals surface area contributed by atoms with Crippen molar-refractivity contribution < 1.29 is 9.47 Å². The molecule has 0 heterocycles. The average molecular weight is 285 g/mol. The standard InChI is InChI=1S/C18H23NO2/c1-2-20-18(12-13-19)16-8-10-17(11-9-16)21-14-15-6-4-3-5-7-15/h3-11,18H,2,12-14,19H2,1H3. The van der Waals surface area contributed by atoms with Gasteiger partial charge in [0.25, 0.3) is 0 Å². The van der Waals surface area contributed by atoms with Gasteiger partial charge in [-0.25, -0.2) is 0 Å². The average Bonchev–Trinajstić information content (AvgIpc) is 2.54. The van der Waals surface area contributed by atoms with Crippen molar-refractivity contribution in [3.8, 4) is 5.75 Å². The molecule has 2 aromatic carbocycles. The Hall–Kier alpha value is -1.84. The summed E-state index contributed by atoms with van der Waals surface area (Å²) in [7, 11) is 0. The summed E-state index contributed by atoms with van der Waals surface area (Å²) in [4.78, 5) is 0. The van der Waals surface area contributed by atoms with Crippen molar-refractivity contribution in [2.45, 2.75) is 26.1 Å². The van der Waals surface area contributed by atoms with E-state index >= 15 is 0 Å². The van der Waals surface area contributed by atoms with Crippen molar-refractivity contribution in [1.82, 2.24) is 0 Å². The van der Waals surface area contributed by atoms with Crippen LogP contribution in [0.1, 0.15) is 30.6 Å². The van der Waals surface area contributed by atoms with Crippen LogP contribution in [0.15, 0.2) is 54.6 Å². The number of ether oxygens (including phenoxy) is 2. The molecule has 0 bridgehead atoms. The predicted octanol–water partition coefficient (Wildman–Crippen LogP) is 3.69. The SMILES string of the molecule is CCOC(CCN)c1ccc(OCc2ccccc2)cc1. The summed E-state index contributed by atoms with van der Waals surface area (Å²) >= 11 is 0. The zero-order chi connectivity index (χ0) is 14.9. The molecule has 3 heteroatoms. The molecule has 0 amide bonds. The van der Waals surface area contributed by atoms with E-state index in [9.17, 15) is 0 Å². The van der Waals surface area contributed by atoms with Crippen LogP contribution in [0.25, 0.3) is 0 Å². The quantitative estimate of drug-likeness (QED) is 0.804. The monoisotopic (exact) mass is 285 g/mol. The van der Waals surface area contributed by atoms with E-state index in [2.05, 4.69) is 24.3 Å². The maximum Gasteiger partial charge on any atom is 0.119 e. The smallest absolute Gasteiger partial charge is 0.119 e. The highest BCUT2D eigenvalue weighted by atomic mass is 16.5. The molecule has 1 atom stereocenters. The Labute approximate surface area is 126 Å². The van der Waals surface area contributed by atoms with E-state index in [-0.39, 0.29) is 6.10 Å². The first-order valence-electron chi connectivity index (χ1n) is 7.42. The number of nitrogens with two attached hydrogens (primary N) is 1. The number of hydrogen-bond acceptors (Lipinski definition) is 3. The lowest BCUT2D eigenvalue weighted by molar-refractivity contribution is 0.0580. The van der Waals surface area contributed by atoms with Gasteiger partial charge in [-0.15, -0.1) is 0 Å². The Morgan fingerprint density at radius 3 is 2.33 bits per heavy atom. The highest BCUT2D eigenvalue weighted by Crippen LogP contribution is 2.23. The molecule has 0 aliphatic carbocycles. The number of benzene rings is 2. The van der Waals surface area contributed by atoms with Crippen molar-refractivity contribution in [1.29, 1.82) is 0 Å². The minimum absolute atomic E-state index is 0.0724. The van der Waals surface area contributed by atoms with E-state index in [1.807, 2.05) is 37.3 Å². The number of hydrogen-bond donors (Lipinski definition) is 1. The third-order valence-electron chi connectivity index (χ3n) is 3.30. The van der Waals surface area contributed by atoms with Gasteiger partial charge in [0.15, 0.2) is 0 Å². The molecule has 112 valence electrons. The zero-order valence-electron chi connectivity index (χ0n) is 12.5. The van der Waals surface area contributed by atoms with Gasteiger partial charge in [0.05, 0.1) is 6.10 Å². The summed E-state index contributed by atoms with van der Waals surface area (Å²) < 4.78 is 11.5. The lowest BCUT2D eigenvalue weighted by atomic mass is 10.1. The fourth-order valence-corrected chi connectivity index (χ4v) is 2.22. The summed E-state index contributed by atoms with van der Waals surface area (Å²) in [5.74, 6) is 0.866. The molecule has 2 aromatic rings. The summed E-state index contributed by atoms with van der Waals surface area (Å²) in [6.07, 6.45) is 0.904. The highest BCUT2D eigenvalue weighted by Gasteiger charge is 2.10. The van der Waals surface area contributed by atoms with Crippen LogP contribution in [0.3, 0.4) is 0 Å². The van der Waals surface area contributed by atoms with Gasteiger partial charge in [-0.05, 0) is 43.1 Å². The molecule has 0 radical (unpaired) electrons. The topological polar surface area (TPSA) is 44.5 Å². The third-order valence-corrected chi connectivity index (χ3v) is 3.30. The van der Waals surface area contributed by atoms with Crippen molar-refractivity contribution in [3.05, 3.63) is 65.7 Å². The second-order valence-corrected chi connectivity index (χ2v) is 4.86. The molecule has 2 rings (SSSR count). The van der Waals surface area contributed by atoms with Gasteiger partial charge in [-0.3, -0.25) is 0 Å². The van der Waals surface area contributed by atoms with Crippen molar-refractivity contribution in [2.24, 2.45) is 5.73 Å². The molecule has 3 nitrogen and oxygen atoms in total. The van der Waals surface area contributed by atoms with Gasteiger partial charge >= 0.3 is 0 Å². The summed E-state index contributed by atoms with van der Waals surface area (Å²) in [6, 6.07) is 18.2. The van der Waals surface area contributed by atoms with E-state index < -0.39 is 0 Å². The molecule has 0 fully saturated rings. The van der Waals surface area contributed by atoms with Crippen LogP contribution in [0.5, 0.6) is 5.75 Å². The lowest BCUT2D eigenvalue weighted by Gasteiger charge is -2.17. The Balaban J connectivity index is 1.94. The largest absolute Gasteiger partial charge is 0.489 e. The third kappa shape index (κ3) is 4.88. The predicted molar refractivity (Wildman–Crippen MR) is 85.3 cm³/mol. The molecular weight excluding hydrogens is 262 g/mol. The summed E-state index contributed by atoms with van der Waals surface area (Å²) in [5.41, 5.74) is 7.95. The van der Waals surface area contributed by atoms with Crippen molar-refractivity contribution in [2.75, 3.05) is 13.2 Å². The van der Waals surface area contributed by atoms with Gasteiger partial charge in [0.1, 0.15) is 12.4 Å². The van der Waals surface area contributed by atoms with E-state index in [0.29, 0.717) is 19.8 Å². The first-order chi connectivity index (χ1) is 10.3. The maximum atomic E-state index is 5.78. The van der Waals surface area contributed by atoms with Crippen molar-refractivity contribution >= 4 is 0 Å². The molecule has 2 N–H and O–H groups in total. The van der Waals surface area contributed by atoms with Crippen LogP contribution >= 0.6 is 0 Å². The molecule has 0 aromatic heterocycles.